The molecule has 5 nitrogen and oxygen atoms in total. The maximum atomic E-state index is 11.8. The van der Waals surface area contributed by atoms with Crippen molar-refractivity contribution in [3.05, 3.63) is 17.0 Å². The van der Waals surface area contributed by atoms with Crippen LogP contribution in [0.5, 0.6) is 0 Å². The number of hydrogen-bond donors (Lipinski definition) is 0. The van der Waals surface area contributed by atoms with Gasteiger partial charge < -0.3 is 4.84 Å². The van der Waals surface area contributed by atoms with Gasteiger partial charge in [-0.25, -0.2) is 13.2 Å². The molecular weight excluding hydrogens is 274 g/mol. The molecule has 1 aromatic heterocycles. The van der Waals surface area contributed by atoms with E-state index in [2.05, 4.69) is 5.16 Å². The zero-order valence-corrected chi connectivity index (χ0v) is 11.1. The number of oxime groups is 1. The summed E-state index contributed by atoms with van der Waals surface area (Å²) < 4.78 is 23.9. The molecule has 7 heteroatoms. The van der Waals surface area contributed by atoms with Gasteiger partial charge in [0.2, 0.25) is 0 Å². The van der Waals surface area contributed by atoms with Crippen LogP contribution in [0.15, 0.2) is 20.8 Å². The van der Waals surface area contributed by atoms with Crippen LogP contribution in [0.3, 0.4) is 0 Å². The molecule has 2 aliphatic rings. The Bertz CT molecular complexity index is 625. The zero-order chi connectivity index (χ0) is 12.8. The van der Waals surface area contributed by atoms with E-state index in [0.29, 0.717) is 21.9 Å². The summed E-state index contributed by atoms with van der Waals surface area (Å²) in [6.45, 7) is 0. The van der Waals surface area contributed by atoms with E-state index in [1.807, 2.05) is 0 Å². The van der Waals surface area contributed by atoms with Crippen LogP contribution >= 0.6 is 11.3 Å². The summed E-state index contributed by atoms with van der Waals surface area (Å²) in [4.78, 5) is 16.2. The summed E-state index contributed by atoms with van der Waals surface area (Å²) in [5.41, 5.74) is 1.13. The highest BCUT2D eigenvalue weighted by Gasteiger charge is 2.33. The smallest absolute Gasteiger partial charge is 0.318 e. The van der Waals surface area contributed by atoms with Crippen LogP contribution < -0.4 is 0 Å². The monoisotopic (exact) mass is 285 g/mol. The minimum Gasteiger partial charge on any atom is -0.318 e. The predicted molar refractivity (Wildman–Crippen MR) is 66.3 cm³/mol. The maximum Gasteiger partial charge on any atom is 0.338 e. The van der Waals surface area contributed by atoms with Crippen molar-refractivity contribution in [2.45, 2.75) is 23.5 Å². The summed E-state index contributed by atoms with van der Waals surface area (Å²) in [5, 5.41) is 5.55. The molecule has 1 fully saturated rings. The van der Waals surface area contributed by atoms with Gasteiger partial charge in [0.25, 0.3) is 0 Å². The van der Waals surface area contributed by atoms with Crippen LogP contribution in [0.2, 0.25) is 0 Å². The number of nitrogens with zero attached hydrogens (tertiary/aromatic N) is 1. The van der Waals surface area contributed by atoms with Crippen molar-refractivity contribution in [3.8, 4) is 0 Å². The zero-order valence-electron chi connectivity index (χ0n) is 9.46. The highest BCUT2D eigenvalue weighted by molar-refractivity contribution is 7.93. The van der Waals surface area contributed by atoms with Gasteiger partial charge in [-0.15, -0.1) is 11.3 Å². The Kier molecular flexibility index (Phi) is 2.74. The van der Waals surface area contributed by atoms with E-state index in [0.717, 1.165) is 12.8 Å². The van der Waals surface area contributed by atoms with E-state index in [-0.39, 0.29) is 17.6 Å². The molecule has 0 unspecified atom stereocenters. The fourth-order valence-corrected chi connectivity index (χ4v) is 4.61. The number of rotatable bonds is 2. The van der Waals surface area contributed by atoms with Crippen molar-refractivity contribution in [1.82, 2.24) is 0 Å². The highest BCUT2D eigenvalue weighted by atomic mass is 32.2. The first-order valence-corrected chi connectivity index (χ1v) is 8.19. The van der Waals surface area contributed by atoms with Crippen LogP contribution in [0, 0.1) is 5.92 Å². The van der Waals surface area contributed by atoms with Gasteiger partial charge in [0, 0.05) is 12.0 Å². The topological polar surface area (TPSA) is 72.8 Å². The van der Waals surface area contributed by atoms with E-state index in [4.69, 9.17) is 4.84 Å². The lowest BCUT2D eigenvalue weighted by Gasteiger charge is -2.13. The summed E-state index contributed by atoms with van der Waals surface area (Å²) in [6, 6.07) is 1.71. The van der Waals surface area contributed by atoms with Gasteiger partial charge in [0.15, 0.2) is 9.84 Å². The Morgan fingerprint density at radius 1 is 1.44 bits per heavy atom. The molecule has 0 amide bonds. The molecule has 1 saturated carbocycles. The van der Waals surface area contributed by atoms with Crippen LogP contribution in [-0.2, 0) is 19.5 Å². The third-order valence-corrected chi connectivity index (χ3v) is 6.27. The van der Waals surface area contributed by atoms with Crippen molar-refractivity contribution >= 4 is 32.9 Å². The average Bonchev–Trinajstić information content (AvgIpc) is 3.05. The summed E-state index contributed by atoms with van der Waals surface area (Å²) in [5.74, 6) is -0.295. The van der Waals surface area contributed by atoms with Crippen molar-refractivity contribution in [2.24, 2.45) is 11.1 Å². The number of carbonyl (C=O) groups is 1. The Morgan fingerprint density at radius 2 is 2.22 bits per heavy atom. The predicted octanol–water partition coefficient (Wildman–Crippen LogP) is 1.58. The van der Waals surface area contributed by atoms with Gasteiger partial charge in [-0.3, -0.25) is 0 Å². The second-order valence-electron chi connectivity index (χ2n) is 4.41. The molecule has 0 radical (unpaired) electrons. The number of sulfone groups is 1. The molecule has 96 valence electrons. The molecule has 1 aliphatic carbocycles. The Morgan fingerprint density at radius 3 is 2.94 bits per heavy atom. The fraction of sp³-hybridized carbons (Fsp3) is 0.455. The van der Waals surface area contributed by atoms with Crippen molar-refractivity contribution in [2.75, 3.05) is 5.75 Å². The lowest BCUT2D eigenvalue weighted by atomic mass is 10.1. The molecule has 0 spiro atoms. The van der Waals surface area contributed by atoms with E-state index >= 15 is 0 Å². The second kappa shape index (κ2) is 4.17. The molecule has 2 heterocycles. The number of thiophene rings is 1. The molecule has 0 bridgehead atoms. The Balaban J connectivity index is 1.86. The van der Waals surface area contributed by atoms with Crippen molar-refractivity contribution in [1.29, 1.82) is 0 Å². The number of fused-ring (bicyclic) bond motifs is 1. The van der Waals surface area contributed by atoms with Crippen LogP contribution in [0.1, 0.15) is 24.8 Å². The third-order valence-electron chi connectivity index (χ3n) is 2.99. The molecule has 0 saturated heterocycles. The molecule has 0 N–H and O–H groups in total. The van der Waals surface area contributed by atoms with Crippen LogP contribution in [0.4, 0.5) is 0 Å². The van der Waals surface area contributed by atoms with E-state index in [9.17, 15) is 13.2 Å². The SMILES string of the molecule is O=C(ON=C1CCS(=O)(=O)c2sccc21)C1CC1. The quantitative estimate of drug-likeness (QED) is 0.611. The lowest BCUT2D eigenvalue weighted by Crippen LogP contribution is -2.20. The number of carbonyl (C=O) groups excluding carboxylic acids is 1. The first kappa shape index (κ1) is 11.9. The van der Waals surface area contributed by atoms with Gasteiger partial charge >= 0.3 is 5.97 Å². The molecule has 3 rings (SSSR count). The van der Waals surface area contributed by atoms with Crippen molar-refractivity contribution < 1.29 is 18.0 Å². The van der Waals surface area contributed by atoms with Gasteiger partial charge in [-0.2, -0.15) is 0 Å². The minimum absolute atomic E-state index is 0.0105. The normalized spacial score (nSPS) is 23.7. The Labute approximate surface area is 108 Å². The largest absolute Gasteiger partial charge is 0.338 e. The lowest BCUT2D eigenvalue weighted by molar-refractivity contribution is -0.145. The van der Waals surface area contributed by atoms with Crippen LogP contribution in [0.25, 0.3) is 0 Å². The summed E-state index contributed by atoms with van der Waals surface area (Å²) >= 11 is 1.18. The third kappa shape index (κ3) is 2.08. The number of hydrogen-bond acceptors (Lipinski definition) is 6. The fourth-order valence-electron chi connectivity index (χ4n) is 1.80. The molecule has 0 aromatic carbocycles. The minimum atomic E-state index is -3.18. The first-order chi connectivity index (χ1) is 8.58. The van der Waals surface area contributed by atoms with Crippen LogP contribution in [-0.4, -0.2) is 25.9 Å². The van der Waals surface area contributed by atoms with E-state index < -0.39 is 9.84 Å². The first-order valence-electron chi connectivity index (χ1n) is 5.66. The van der Waals surface area contributed by atoms with E-state index in [1.54, 1.807) is 11.4 Å². The van der Waals surface area contributed by atoms with Crippen molar-refractivity contribution in [3.63, 3.8) is 0 Å². The summed E-state index contributed by atoms with van der Waals surface area (Å²) in [6.07, 6.45) is 2.02. The molecule has 0 atom stereocenters. The van der Waals surface area contributed by atoms with E-state index in [1.165, 1.54) is 11.3 Å². The van der Waals surface area contributed by atoms with Gasteiger partial charge in [0.1, 0.15) is 4.21 Å². The summed E-state index contributed by atoms with van der Waals surface area (Å²) in [7, 11) is -3.18. The van der Waals surface area contributed by atoms with Gasteiger partial charge in [-0.05, 0) is 24.3 Å². The molecule has 18 heavy (non-hydrogen) atoms. The average molecular weight is 285 g/mol. The second-order valence-corrected chi connectivity index (χ2v) is 7.63. The highest BCUT2D eigenvalue weighted by Crippen LogP contribution is 2.32. The molecule has 1 aliphatic heterocycles. The Hall–Kier alpha value is -1.21. The molecular formula is C11H11NO4S2. The standard InChI is InChI=1S/C11H11NO4S2/c13-10(7-1-2-7)16-12-9-4-6-18(14,15)11-8(9)3-5-17-11/h3,5,7H,1-2,4,6H2. The maximum absolute atomic E-state index is 11.8. The van der Waals surface area contributed by atoms with Gasteiger partial charge in [-0.1, -0.05) is 5.16 Å². The van der Waals surface area contributed by atoms with Gasteiger partial charge in [0.05, 0.1) is 17.4 Å². The molecule has 1 aromatic rings.